The Morgan fingerprint density at radius 3 is 3.16 bits per heavy atom. The van der Waals surface area contributed by atoms with E-state index in [0.717, 1.165) is 24.3 Å². The van der Waals surface area contributed by atoms with Crippen LogP contribution < -0.4 is 10.6 Å². The van der Waals surface area contributed by atoms with Crippen LogP contribution in [0.1, 0.15) is 21.6 Å². The molecule has 1 aromatic carbocycles. The predicted octanol–water partition coefficient (Wildman–Crippen LogP) is 1.37. The minimum atomic E-state index is -0.0756. The Hall–Kier alpha value is -2.43. The van der Waals surface area contributed by atoms with Crippen LogP contribution in [0, 0.1) is 0 Å². The quantitative estimate of drug-likeness (QED) is 0.868. The predicted molar refractivity (Wildman–Crippen MR) is 71.8 cm³/mol. The second-order valence-corrected chi connectivity index (χ2v) is 4.43. The molecule has 2 heterocycles. The molecular formula is C14H14N4O. The van der Waals surface area contributed by atoms with E-state index in [1.54, 1.807) is 12.3 Å². The molecule has 0 bridgehead atoms. The summed E-state index contributed by atoms with van der Waals surface area (Å²) >= 11 is 0. The SMILES string of the molecule is O=C(NCc1ccncn1)c1ccc2c(c1)CCN2. The van der Waals surface area contributed by atoms with Gasteiger partial charge in [0.25, 0.3) is 5.91 Å². The second-order valence-electron chi connectivity index (χ2n) is 4.43. The van der Waals surface area contributed by atoms with Crippen LogP contribution in [0.3, 0.4) is 0 Å². The molecule has 0 atom stereocenters. The molecule has 1 aliphatic rings. The summed E-state index contributed by atoms with van der Waals surface area (Å²) in [6, 6.07) is 7.53. The standard InChI is InChI=1S/C14H14N4O/c19-14(17-8-12-4-5-15-9-18-12)11-1-2-13-10(7-11)3-6-16-13/h1-2,4-5,7,9,16H,3,6,8H2,(H,17,19). The number of nitrogens with one attached hydrogen (secondary N) is 2. The second kappa shape index (κ2) is 5.06. The van der Waals surface area contributed by atoms with Crippen LogP contribution >= 0.6 is 0 Å². The molecule has 0 aliphatic carbocycles. The van der Waals surface area contributed by atoms with Crippen molar-refractivity contribution in [1.29, 1.82) is 0 Å². The number of hydrogen-bond acceptors (Lipinski definition) is 4. The summed E-state index contributed by atoms with van der Waals surface area (Å²) in [5, 5.41) is 6.13. The maximum Gasteiger partial charge on any atom is 0.251 e. The Morgan fingerprint density at radius 2 is 2.32 bits per heavy atom. The Morgan fingerprint density at radius 1 is 1.37 bits per heavy atom. The molecule has 1 aliphatic heterocycles. The zero-order valence-corrected chi connectivity index (χ0v) is 10.4. The van der Waals surface area contributed by atoms with Gasteiger partial charge in [0.2, 0.25) is 0 Å². The van der Waals surface area contributed by atoms with Crippen molar-refractivity contribution in [1.82, 2.24) is 15.3 Å². The number of fused-ring (bicyclic) bond motifs is 1. The van der Waals surface area contributed by atoms with E-state index < -0.39 is 0 Å². The zero-order valence-electron chi connectivity index (χ0n) is 10.4. The Balaban J connectivity index is 1.67. The Bertz CT molecular complexity index is 598. The molecule has 1 aromatic heterocycles. The smallest absolute Gasteiger partial charge is 0.251 e. The lowest BCUT2D eigenvalue weighted by atomic mass is 10.1. The van der Waals surface area contributed by atoms with Gasteiger partial charge >= 0.3 is 0 Å². The normalized spacial score (nSPS) is 12.6. The summed E-state index contributed by atoms with van der Waals surface area (Å²) in [5.74, 6) is -0.0756. The molecule has 2 N–H and O–H groups in total. The van der Waals surface area contributed by atoms with Crippen molar-refractivity contribution in [2.75, 3.05) is 11.9 Å². The van der Waals surface area contributed by atoms with Gasteiger partial charge in [-0.2, -0.15) is 0 Å². The molecule has 0 spiro atoms. The average molecular weight is 254 g/mol. The highest BCUT2D eigenvalue weighted by molar-refractivity contribution is 5.95. The number of carbonyl (C=O) groups is 1. The van der Waals surface area contributed by atoms with E-state index >= 15 is 0 Å². The first kappa shape index (κ1) is 11.6. The van der Waals surface area contributed by atoms with Crippen LogP contribution in [0.4, 0.5) is 5.69 Å². The van der Waals surface area contributed by atoms with E-state index in [1.165, 1.54) is 11.9 Å². The van der Waals surface area contributed by atoms with E-state index in [-0.39, 0.29) is 5.91 Å². The van der Waals surface area contributed by atoms with E-state index in [1.807, 2.05) is 18.2 Å². The molecule has 96 valence electrons. The molecule has 0 unspecified atom stereocenters. The van der Waals surface area contributed by atoms with Gasteiger partial charge in [-0.3, -0.25) is 4.79 Å². The van der Waals surface area contributed by atoms with Crippen molar-refractivity contribution in [2.45, 2.75) is 13.0 Å². The molecule has 1 amide bonds. The highest BCUT2D eigenvalue weighted by Gasteiger charge is 2.13. The van der Waals surface area contributed by atoms with Crippen LogP contribution in [0.5, 0.6) is 0 Å². The van der Waals surface area contributed by atoms with Gasteiger partial charge in [0.15, 0.2) is 0 Å². The first-order valence-corrected chi connectivity index (χ1v) is 6.23. The van der Waals surface area contributed by atoms with Crippen molar-refractivity contribution in [2.24, 2.45) is 0 Å². The molecule has 3 rings (SSSR count). The van der Waals surface area contributed by atoms with E-state index in [0.29, 0.717) is 12.1 Å². The summed E-state index contributed by atoms with van der Waals surface area (Å²) in [6.45, 7) is 1.36. The first-order valence-electron chi connectivity index (χ1n) is 6.23. The topological polar surface area (TPSA) is 66.9 Å². The van der Waals surface area contributed by atoms with Crippen molar-refractivity contribution in [3.8, 4) is 0 Å². The summed E-state index contributed by atoms with van der Waals surface area (Å²) in [4.78, 5) is 19.9. The molecule has 0 saturated heterocycles. The Labute approximate surface area is 111 Å². The third kappa shape index (κ3) is 2.54. The largest absolute Gasteiger partial charge is 0.384 e. The minimum Gasteiger partial charge on any atom is -0.384 e. The molecule has 5 heteroatoms. The summed E-state index contributed by atoms with van der Waals surface area (Å²) in [5.41, 5.74) is 3.82. The van der Waals surface area contributed by atoms with E-state index in [2.05, 4.69) is 20.6 Å². The number of aromatic nitrogens is 2. The van der Waals surface area contributed by atoms with Gasteiger partial charge in [0, 0.05) is 24.0 Å². The van der Waals surface area contributed by atoms with Gasteiger partial charge < -0.3 is 10.6 Å². The number of amides is 1. The van der Waals surface area contributed by atoms with Gasteiger partial charge in [-0.15, -0.1) is 0 Å². The average Bonchev–Trinajstić information content (AvgIpc) is 2.93. The number of benzene rings is 1. The maximum atomic E-state index is 12.0. The third-order valence-corrected chi connectivity index (χ3v) is 3.15. The van der Waals surface area contributed by atoms with Gasteiger partial charge in [0.1, 0.15) is 6.33 Å². The monoisotopic (exact) mass is 254 g/mol. The fraction of sp³-hybridized carbons (Fsp3) is 0.214. The fourth-order valence-electron chi connectivity index (χ4n) is 2.14. The third-order valence-electron chi connectivity index (χ3n) is 3.15. The molecule has 2 aromatic rings. The molecule has 0 fully saturated rings. The van der Waals surface area contributed by atoms with E-state index in [9.17, 15) is 4.79 Å². The molecule has 19 heavy (non-hydrogen) atoms. The van der Waals surface area contributed by atoms with Gasteiger partial charge in [-0.05, 0) is 36.2 Å². The molecule has 5 nitrogen and oxygen atoms in total. The summed E-state index contributed by atoms with van der Waals surface area (Å²) in [6.07, 6.45) is 4.11. The van der Waals surface area contributed by atoms with Gasteiger partial charge in [-0.25, -0.2) is 9.97 Å². The molecule has 0 radical (unpaired) electrons. The van der Waals surface area contributed by atoms with Crippen molar-refractivity contribution in [3.63, 3.8) is 0 Å². The number of hydrogen-bond donors (Lipinski definition) is 2. The maximum absolute atomic E-state index is 12.0. The highest BCUT2D eigenvalue weighted by atomic mass is 16.1. The van der Waals surface area contributed by atoms with Crippen LogP contribution in [0.15, 0.2) is 36.8 Å². The van der Waals surface area contributed by atoms with Crippen LogP contribution in [0.25, 0.3) is 0 Å². The first-order chi connectivity index (χ1) is 9.33. The highest BCUT2D eigenvalue weighted by Crippen LogP contribution is 2.22. The number of anilines is 1. The van der Waals surface area contributed by atoms with Crippen LogP contribution in [-0.4, -0.2) is 22.4 Å². The van der Waals surface area contributed by atoms with E-state index in [4.69, 9.17) is 0 Å². The number of rotatable bonds is 3. The lowest BCUT2D eigenvalue weighted by Crippen LogP contribution is -2.23. The summed E-state index contributed by atoms with van der Waals surface area (Å²) < 4.78 is 0. The Kier molecular flexibility index (Phi) is 3.10. The van der Waals surface area contributed by atoms with Crippen LogP contribution in [0.2, 0.25) is 0 Å². The molecular weight excluding hydrogens is 240 g/mol. The minimum absolute atomic E-state index is 0.0756. The fourth-order valence-corrected chi connectivity index (χ4v) is 2.14. The lowest BCUT2D eigenvalue weighted by molar-refractivity contribution is 0.0950. The number of carbonyl (C=O) groups excluding carboxylic acids is 1. The van der Waals surface area contributed by atoms with Gasteiger partial charge in [-0.1, -0.05) is 0 Å². The van der Waals surface area contributed by atoms with Crippen LogP contribution in [-0.2, 0) is 13.0 Å². The van der Waals surface area contributed by atoms with Crippen molar-refractivity contribution in [3.05, 3.63) is 53.6 Å². The summed E-state index contributed by atoms with van der Waals surface area (Å²) in [7, 11) is 0. The number of nitrogens with zero attached hydrogens (tertiary/aromatic N) is 2. The van der Waals surface area contributed by atoms with Gasteiger partial charge in [0.05, 0.1) is 12.2 Å². The van der Waals surface area contributed by atoms with Crippen molar-refractivity contribution < 1.29 is 4.79 Å². The zero-order chi connectivity index (χ0) is 13.1. The van der Waals surface area contributed by atoms with Crippen molar-refractivity contribution >= 4 is 11.6 Å². The molecule has 0 saturated carbocycles. The lowest BCUT2D eigenvalue weighted by Gasteiger charge is -2.06.